The molecule has 0 saturated heterocycles. The molecule has 0 amide bonds. The van der Waals surface area contributed by atoms with Gasteiger partial charge in [0.25, 0.3) is 0 Å². The molecular formula is C26H24FN3O3. The van der Waals surface area contributed by atoms with Gasteiger partial charge in [-0.25, -0.2) is 9.18 Å². The molecule has 7 heteroatoms. The molecule has 0 bridgehead atoms. The van der Waals surface area contributed by atoms with Crippen molar-refractivity contribution in [3.63, 3.8) is 0 Å². The quantitative estimate of drug-likeness (QED) is 0.354. The van der Waals surface area contributed by atoms with E-state index in [1.54, 1.807) is 17.7 Å². The number of aromatic nitrogens is 1. The fourth-order valence-electron chi connectivity index (χ4n) is 3.78. The Bertz CT molecular complexity index is 1350. The van der Waals surface area contributed by atoms with Crippen LogP contribution in [0.5, 0.6) is 0 Å². The lowest BCUT2D eigenvalue weighted by atomic mass is 10.0. The number of halogens is 1. The van der Waals surface area contributed by atoms with Gasteiger partial charge in [-0.2, -0.15) is 0 Å². The Hall–Kier alpha value is -3.97. The molecule has 0 aliphatic carbocycles. The van der Waals surface area contributed by atoms with Gasteiger partial charge < -0.3 is 20.3 Å². The minimum Gasteiger partial charge on any atom is -0.477 e. The van der Waals surface area contributed by atoms with Crippen molar-refractivity contribution < 1.29 is 14.3 Å². The molecule has 168 valence electrons. The van der Waals surface area contributed by atoms with Crippen molar-refractivity contribution in [2.45, 2.75) is 6.54 Å². The van der Waals surface area contributed by atoms with E-state index in [2.05, 4.69) is 10.6 Å². The summed E-state index contributed by atoms with van der Waals surface area (Å²) in [7, 11) is 1.80. The zero-order valence-electron chi connectivity index (χ0n) is 18.1. The number of aromatic carboxylic acids is 1. The summed E-state index contributed by atoms with van der Waals surface area (Å²) in [6.07, 6.45) is 1.33. The van der Waals surface area contributed by atoms with E-state index in [4.69, 9.17) is 0 Å². The molecule has 4 aromatic rings. The number of rotatable bonds is 8. The minimum atomic E-state index is -1.34. The van der Waals surface area contributed by atoms with Crippen LogP contribution in [0.25, 0.3) is 22.0 Å². The number of carboxylic acids is 1. The van der Waals surface area contributed by atoms with Crippen molar-refractivity contribution in [2.24, 2.45) is 0 Å². The maximum atomic E-state index is 14.6. The summed E-state index contributed by atoms with van der Waals surface area (Å²) in [6.45, 7) is 1.46. The zero-order chi connectivity index (χ0) is 23.4. The SMILES string of the molecule is CNCCNc1cc2c(cc1F)c(=O)c(C(=O)O)cn2Cc1ccc(-c2ccccc2)cc1. The second-order valence-corrected chi connectivity index (χ2v) is 7.75. The Morgan fingerprint density at radius 2 is 1.70 bits per heavy atom. The average Bonchev–Trinajstić information content (AvgIpc) is 2.82. The molecule has 0 saturated carbocycles. The number of carboxylic acid groups (broad SMARTS) is 1. The van der Waals surface area contributed by atoms with Crippen LogP contribution in [-0.4, -0.2) is 35.8 Å². The van der Waals surface area contributed by atoms with Crippen LogP contribution < -0.4 is 16.1 Å². The Morgan fingerprint density at radius 1 is 1.00 bits per heavy atom. The van der Waals surface area contributed by atoms with Crippen LogP contribution >= 0.6 is 0 Å². The normalized spacial score (nSPS) is 11.0. The van der Waals surface area contributed by atoms with E-state index >= 15 is 0 Å². The second-order valence-electron chi connectivity index (χ2n) is 7.75. The van der Waals surface area contributed by atoms with Gasteiger partial charge in [0.15, 0.2) is 0 Å². The highest BCUT2D eigenvalue weighted by Crippen LogP contribution is 2.24. The summed E-state index contributed by atoms with van der Waals surface area (Å²) in [5.74, 6) is -1.94. The third-order valence-electron chi connectivity index (χ3n) is 5.50. The van der Waals surface area contributed by atoms with Crippen molar-refractivity contribution in [2.75, 3.05) is 25.5 Å². The number of benzene rings is 3. The Labute approximate surface area is 190 Å². The molecule has 3 N–H and O–H groups in total. The standard InChI is InChI=1S/C26H24FN3O3/c1-28-11-12-29-23-14-24-20(13-22(23)27)25(31)21(26(32)33)16-30(24)15-17-7-9-19(10-8-17)18-5-3-2-4-6-18/h2-10,13-14,16,28-29H,11-12,15H2,1H3,(H,32,33). The summed E-state index contributed by atoms with van der Waals surface area (Å²) < 4.78 is 16.3. The number of fused-ring (bicyclic) bond motifs is 1. The molecule has 0 aliphatic rings. The highest BCUT2D eigenvalue weighted by Gasteiger charge is 2.17. The molecule has 1 heterocycles. The third-order valence-corrected chi connectivity index (χ3v) is 5.50. The van der Waals surface area contributed by atoms with Gasteiger partial charge in [-0.05, 0) is 35.9 Å². The maximum Gasteiger partial charge on any atom is 0.341 e. The maximum absolute atomic E-state index is 14.6. The average molecular weight is 445 g/mol. The lowest BCUT2D eigenvalue weighted by molar-refractivity contribution is 0.0695. The van der Waals surface area contributed by atoms with Crippen LogP contribution in [0.1, 0.15) is 15.9 Å². The summed E-state index contributed by atoms with van der Waals surface area (Å²) >= 11 is 0. The highest BCUT2D eigenvalue weighted by molar-refractivity contribution is 5.93. The van der Waals surface area contributed by atoms with E-state index in [0.717, 1.165) is 22.8 Å². The van der Waals surface area contributed by atoms with Crippen LogP contribution in [0.2, 0.25) is 0 Å². The molecule has 33 heavy (non-hydrogen) atoms. The smallest absolute Gasteiger partial charge is 0.341 e. The van der Waals surface area contributed by atoms with Crippen LogP contribution in [0.15, 0.2) is 77.7 Å². The van der Waals surface area contributed by atoms with Gasteiger partial charge in [-0.15, -0.1) is 0 Å². The van der Waals surface area contributed by atoms with Gasteiger partial charge in [-0.1, -0.05) is 54.6 Å². The number of nitrogens with zero attached hydrogens (tertiary/aromatic N) is 1. The lowest BCUT2D eigenvalue weighted by Crippen LogP contribution is -2.21. The van der Waals surface area contributed by atoms with Crippen molar-refractivity contribution in [3.05, 3.63) is 100 Å². The lowest BCUT2D eigenvalue weighted by Gasteiger charge is -2.15. The first-order chi connectivity index (χ1) is 16.0. The predicted molar refractivity (Wildman–Crippen MR) is 129 cm³/mol. The molecule has 0 radical (unpaired) electrons. The van der Waals surface area contributed by atoms with Crippen LogP contribution in [-0.2, 0) is 6.54 Å². The molecule has 1 aromatic heterocycles. The van der Waals surface area contributed by atoms with Gasteiger partial charge >= 0.3 is 5.97 Å². The van der Waals surface area contributed by atoms with Gasteiger partial charge in [0.05, 0.1) is 11.2 Å². The number of pyridine rings is 1. The topological polar surface area (TPSA) is 83.4 Å². The van der Waals surface area contributed by atoms with E-state index in [1.807, 2.05) is 54.6 Å². The fraction of sp³-hybridized carbons (Fsp3) is 0.154. The minimum absolute atomic E-state index is 0.0347. The molecule has 0 fully saturated rings. The molecule has 4 rings (SSSR count). The summed E-state index contributed by atoms with van der Waals surface area (Å²) in [4.78, 5) is 24.4. The van der Waals surface area contributed by atoms with Crippen LogP contribution in [0.4, 0.5) is 10.1 Å². The second kappa shape index (κ2) is 9.67. The monoisotopic (exact) mass is 445 g/mol. The van der Waals surface area contributed by atoms with Crippen LogP contribution in [0.3, 0.4) is 0 Å². The largest absolute Gasteiger partial charge is 0.477 e. The van der Waals surface area contributed by atoms with Crippen molar-refractivity contribution in [1.82, 2.24) is 9.88 Å². The predicted octanol–water partition coefficient (Wildman–Crippen LogP) is 4.19. The summed E-state index contributed by atoms with van der Waals surface area (Å²) in [5.41, 5.74) is 2.71. The van der Waals surface area contributed by atoms with Crippen molar-refractivity contribution >= 4 is 22.6 Å². The van der Waals surface area contributed by atoms with E-state index < -0.39 is 22.8 Å². The van der Waals surface area contributed by atoms with Crippen LogP contribution in [0, 0.1) is 5.82 Å². The number of likely N-dealkylation sites (N-methyl/N-ethyl adjacent to an activating group) is 1. The molecule has 0 unspecified atom stereocenters. The Morgan fingerprint density at radius 3 is 2.36 bits per heavy atom. The highest BCUT2D eigenvalue weighted by atomic mass is 19.1. The molecule has 0 spiro atoms. The van der Waals surface area contributed by atoms with E-state index in [1.165, 1.54) is 6.20 Å². The number of hydrogen-bond donors (Lipinski definition) is 3. The molecule has 6 nitrogen and oxygen atoms in total. The number of nitrogens with one attached hydrogen (secondary N) is 2. The van der Waals surface area contributed by atoms with Gasteiger partial charge in [-0.3, -0.25) is 4.79 Å². The zero-order valence-corrected chi connectivity index (χ0v) is 18.1. The Balaban J connectivity index is 1.76. The molecule has 0 atom stereocenters. The van der Waals surface area contributed by atoms with Gasteiger partial charge in [0.2, 0.25) is 5.43 Å². The first-order valence-corrected chi connectivity index (χ1v) is 10.6. The Kier molecular flexibility index (Phi) is 6.51. The van der Waals surface area contributed by atoms with Gasteiger partial charge in [0.1, 0.15) is 11.4 Å². The third kappa shape index (κ3) is 4.78. The van der Waals surface area contributed by atoms with Gasteiger partial charge in [0, 0.05) is 31.2 Å². The molecular weight excluding hydrogens is 421 g/mol. The summed E-state index contributed by atoms with van der Waals surface area (Å²) in [6, 6.07) is 20.6. The molecule has 0 aliphatic heterocycles. The number of hydrogen-bond acceptors (Lipinski definition) is 4. The first kappa shape index (κ1) is 22.2. The van der Waals surface area contributed by atoms with Crippen molar-refractivity contribution in [1.29, 1.82) is 0 Å². The number of anilines is 1. The number of carbonyl (C=O) groups is 1. The van der Waals surface area contributed by atoms with E-state index in [0.29, 0.717) is 25.2 Å². The van der Waals surface area contributed by atoms with Crippen molar-refractivity contribution in [3.8, 4) is 11.1 Å². The van der Waals surface area contributed by atoms with E-state index in [9.17, 15) is 19.1 Å². The van der Waals surface area contributed by atoms with E-state index in [-0.39, 0.29) is 11.1 Å². The summed E-state index contributed by atoms with van der Waals surface area (Å²) in [5, 5.41) is 15.5. The molecule has 3 aromatic carbocycles. The first-order valence-electron chi connectivity index (χ1n) is 10.6. The fourth-order valence-corrected chi connectivity index (χ4v) is 3.78.